The van der Waals surface area contributed by atoms with E-state index in [-0.39, 0.29) is 31.2 Å². The molecule has 1 heterocycles. The summed E-state index contributed by atoms with van der Waals surface area (Å²) in [7, 11) is 0. The van der Waals surface area contributed by atoms with Crippen LogP contribution in [0.4, 0.5) is 0 Å². The Kier molecular flexibility index (Phi) is 9.37. The van der Waals surface area contributed by atoms with E-state index in [1.54, 1.807) is 4.57 Å². The van der Waals surface area contributed by atoms with E-state index in [2.05, 4.69) is 4.98 Å². The number of nitrogens with zero attached hydrogens (tertiary/aromatic N) is 2. The van der Waals surface area contributed by atoms with Crippen LogP contribution in [0.15, 0.2) is 30.3 Å². The molecule has 0 unspecified atom stereocenters. The second-order valence-corrected chi connectivity index (χ2v) is 6.62. The summed E-state index contributed by atoms with van der Waals surface area (Å²) in [5, 5.41) is 0. The fourth-order valence-corrected chi connectivity index (χ4v) is 2.73. The van der Waals surface area contributed by atoms with E-state index in [9.17, 15) is 9.59 Å². The topological polar surface area (TPSA) is 79.7 Å². The van der Waals surface area contributed by atoms with Gasteiger partial charge < -0.3 is 18.8 Å². The Bertz CT molecular complexity index is 786. The Labute approximate surface area is 172 Å². The van der Waals surface area contributed by atoms with Crippen molar-refractivity contribution >= 4 is 11.9 Å². The van der Waals surface area contributed by atoms with Crippen molar-refractivity contribution in [1.29, 1.82) is 0 Å². The molecule has 0 saturated heterocycles. The molecular formula is C22H30N2O5. The average Bonchev–Trinajstić information content (AvgIpc) is 3.09. The molecule has 29 heavy (non-hydrogen) atoms. The largest absolute Gasteiger partial charge is 0.461 e. The van der Waals surface area contributed by atoms with Crippen LogP contribution in [0.3, 0.4) is 0 Å². The molecule has 1 aromatic heterocycles. The molecule has 0 spiro atoms. The fraction of sp³-hybridized carbons (Fsp3) is 0.500. The first-order chi connectivity index (χ1) is 14.1. The maximum atomic E-state index is 12.8. The summed E-state index contributed by atoms with van der Waals surface area (Å²) in [6.07, 6.45) is 2.22. The molecule has 158 valence electrons. The second kappa shape index (κ2) is 12.0. The van der Waals surface area contributed by atoms with Crippen molar-refractivity contribution in [3.8, 4) is 0 Å². The number of imidazole rings is 1. The third kappa shape index (κ3) is 6.42. The normalized spacial score (nSPS) is 10.7. The molecule has 0 fully saturated rings. The molecule has 0 atom stereocenters. The molecule has 0 radical (unpaired) electrons. The maximum absolute atomic E-state index is 12.8. The molecule has 7 heteroatoms. The van der Waals surface area contributed by atoms with Crippen molar-refractivity contribution in [3.63, 3.8) is 0 Å². The Morgan fingerprint density at radius 3 is 2.14 bits per heavy atom. The van der Waals surface area contributed by atoms with Crippen molar-refractivity contribution in [2.24, 2.45) is 0 Å². The summed E-state index contributed by atoms with van der Waals surface area (Å²) in [4.78, 5) is 29.9. The molecule has 0 amide bonds. The Morgan fingerprint density at radius 2 is 1.52 bits per heavy atom. The maximum Gasteiger partial charge on any atom is 0.359 e. The van der Waals surface area contributed by atoms with Crippen molar-refractivity contribution in [1.82, 2.24) is 9.55 Å². The number of carbonyl (C=O) groups excluding carboxylic acids is 2. The van der Waals surface area contributed by atoms with Gasteiger partial charge in [-0.2, -0.15) is 0 Å². The van der Waals surface area contributed by atoms with Crippen LogP contribution in [0.2, 0.25) is 0 Å². The van der Waals surface area contributed by atoms with Crippen LogP contribution < -0.4 is 0 Å². The van der Waals surface area contributed by atoms with E-state index in [1.165, 1.54) is 0 Å². The number of ether oxygens (including phenoxy) is 3. The Morgan fingerprint density at radius 1 is 0.897 bits per heavy atom. The Balaban J connectivity index is 2.48. The lowest BCUT2D eigenvalue weighted by Gasteiger charge is -2.12. The zero-order valence-corrected chi connectivity index (χ0v) is 17.5. The van der Waals surface area contributed by atoms with E-state index in [4.69, 9.17) is 14.2 Å². The van der Waals surface area contributed by atoms with Crippen molar-refractivity contribution in [2.45, 2.75) is 53.2 Å². The van der Waals surface area contributed by atoms with Gasteiger partial charge in [-0.25, -0.2) is 14.6 Å². The van der Waals surface area contributed by atoms with Crippen LogP contribution in [0, 0.1) is 0 Å². The highest BCUT2D eigenvalue weighted by molar-refractivity contribution is 6.01. The van der Waals surface area contributed by atoms with Gasteiger partial charge in [-0.05, 0) is 24.8 Å². The summed E-state index contributed by atoms with van der Waals surface area (Å²) in [6, 6.07) is 9.67. The van der Waals surface area contributed by atoms with Gasteiger partial charge in [-0.1, -0.05) is 51.1 Å². The predicted molar refractivity (Wildman–Crippen MR) is 109 cm³/mol. The molecule has 0 aliphatic rings. The number of benzene rings is 1. The van der Waals surface area contributed by atoms with E-state index < -0.39 is 11.9 Å². The van der Waals surface area contributed by atoms with E-state index in [0.29, 0.717) is 31.8 Å². The molecule has 2 rings (SSSR count). The zero-order chi connectivity index (χ0) is 21.1. The lowest BCUT2D eigenvalue weighted by atomic mass is 10.2. The van der Waals surface area contributed by atoms with Crippen LogP contribution in [0.5, 0.6) is 0 Å². The summed E-state index contributed by atoms with van der Waals surface area (Å²) in [6.45, 7) is 7.47. The molecule has 1 aromatic carbocycles. The third-order valence-corrected chi connectivity index (χ3v) is 4.07. The van der Waals surface area contributed by atoms with E-state index in [1.807, 2.05) is 51.1 Å². The monoisotopic (exact) mass is 402 g/mol. The van der Waals surface area contributed by atoms with Gasteiger partial charge in [0.2, 0.25) is 0 Å². The number of hydrogen-bond acceptors (Lipinski definition) is 6. The van der Waals surface area contributed by atoms with E-state index in [0.717, 1.165) is 12.0 Å². The van der Waals surface area contributed by atoms with Gasteiger partial charge in [0.1, 0.15) is 12.4 Å². The van der Waals surface area contributed by atoms with Crippen molar-refractivity contribution in [3.05, 3.63) is 53.1 Å². The van der Waals surface area contributed by atoms with Crippen LogP contribution in [0.1, 0.15) is 72.4 Å². The average molecular weight is 402 g/mol. The molecule has 7 nitrogen and oxygen atoms in total. The second-order valence-electron chi connectivity index (χ2n) is 6.62. The van der Waals surface area contributed by atoms with Crippen molar-refractivity contribution < 1.29 is 23.8 Å². The van der Waals surface area contributed by atoms with Crippen LogP contribution in [-0.4, -0.2) is 41.3 Å². The Hall–Kier alpha value is -2.67. The highest BCUT2D eigenvalue weighted by Gasteiger charge is 2.29. The highest BCUT2D eigenvalue weighted by atomic mass is 16.5. The number of aromatic nitrogens is 2. The number of carbonyl (C=O) groups is 2. The van der Waals surface area contributed by atoms with Gasteiger partial charge in [0.05, 0.1) is 13.2 Å². The standard InChI is InChI=1S/C22H30N2O5/c1-4-12-27-16-18-23-19(21(25)28-13-5-2)20(22(26)29-14-6-3)24(18)15-17-10-8-7-9-11-17/h7-11H,4-6,12-16H2,1-3H3. The highest BCUT2D eigenvalue weighted by Crippen LogP contribution is 2.19. The summed E-state index contributed by atoms with van der Waals surface area (Å²) in [5.74, 6) is -0.714. The van der Waals surface area contributed by atoms with Gasteiger partial charge in [0.25, 0.3) is 0 Å². The van der Waals surface area contributed by atoms with Crippen LogP contribution in [0.25, 0.3) is 0 Å². The van der Waals surface area contributed by atoms with Gasteiger partial charge in [0.15, 0.2) is 11.4 Å². The lowest BCUT2D eigenvalue weighted by molar-refractivity contribution is 0.0446. The molecule has 0 saturated carbocycles. The van der Waals surface area contributed by atoms with Crippen LogP contribution in [-0.2, 0) is 27.4 Å². The molecule has 2 aromatic rings. The van der Waals surface area contributed by atoms with Gasteiger partial charge in [0, 0.05) is 13.2 Å². The van der Waals surface area contributed by atoms with Gasteiger partial charge in [-0.3, -0.25) is 0 Å². The smallest absolute Gasteiger partial charge is 0.359 e. The first-order valence-electron chi connectivity index (χ1n) is 10.2. The first kappa shape index (κ1) is 22.6. The fourth-order valence-electron chi connectivity index (χ4n) is 2.73. The quantitative estimate of drug-likeness (QED) is 0.394. The number of esters is 2. The number of hydrogen-bond donors (Lipinski definition) is 0. The first-order valence-corrected chi connectivity index (χ1v) is 10.2. The van der Waals surface area contributed by atoms with Crippen molar-refractivity contribution in [2.75, 3.05) is 19.8 Å². The van der Waals surface area contributed by atoms with Gasteiger partial charge in [-0.15, -0.1) is 0 Å². The summed E-state index contributed by atoms with van der Waals surface area (Å²) >= 11 is 0. The summed E-state index contributed by atoms with van der Waals surface area (Å²) < 4.78 is 17.9. The lowest BCUT2D eigenvalue weighted by Crippen LogP contribution is -2.19. The predicted octanol–water partition coefficient (Wildman–Crippen LogP) is 3.99. The number of rotatable bonds is 12. The molecule has 0 bridgehead atoms. The summed E-state index contributed by atoms with van der Waals surface area (Å²) in [5.41, 5.74) is 1.06. The SMILES string of the molecule is CCCOCc1nc(C(=O)OCCC)c(C(=O)OCCC)n1Cc1ccccc1. The third-order valence-electron chi connectivity index (χ3n) is 4.07. The van der Waals surface area contributed by atoms with Crippen LogP contribution >= 0.6 is 0 Å². The molecule has 0 aliphatic carbocycles. The molecule has 0 aliphatic heterocycles. The zero-order valence-electron chi connectivity index (χ0n) is 17.5. The van der Waals surface area contributed by atoms with Gasteiger partial charge >= 0.3 is 11.9 Å². The minimum Gasteiger partial charge on any atom is -0.461 e. The molecular weight excluding hydrogens is 372 g/mol. The molecule has 0 N–H and O–H groups in total. The van der Waals surface area contributed by atoms with E-state index >= 15 is 0 Å². The minimum absolute atomic E-state index is 0.0226. The minimum atomic E-state index is -0.626.